The fraction of sp³-hybridized carbons (Fsp3) is 0.312. The van der Waals surface area contributed by atoms with Crippen molar-refractivity contribution in [3.63, 3.8) is 0 Å². The third-order valence-electron chi connectivity index (χ3n) is 3.33. The molecule has 0 atom stereocenters. The average molecular weight is 369 g/mol. The van der Waals surface area contributed by atoms with Crippen molar-refractivity contribution >= 4 is 39.0 Å². The number of hydrogen-bond donors (Lipinski definition) is 1. The molecule has 2 aromatic rings. The lowest BCUT2D eigenvalue weighted by molar-refractivity contribution is 0.846. The van der Waals surface area contributed by atoms with Gasteiger partial charge in [0.25, 0.3) is 0 Å². The maximum absolute atomic E-state index is 6.21. The molecule has 2 rings (SSSR count). The molecule has 0 spiro atoms. The number of pyridine rings is 1. The van der Waals surface area contributed by atoms with Gasteiger partial charge in [0.15, 0.2) is 0 Å². The molecule has 0 unspecified atom stereocenters. The van der Waals surface area contributed by atoms with Crippen LogP contribution in [0.3, 0.4) is 0 Å². The SMILES string of the molecule is CCN(CC)c1ccc(NCc2ccc(Br)cc2Cl)cn1. The van der Waals surface area contributed by atoms with Gasteiger partial charge in [0, 0.05) is 29.1 Å². The zero-order chi connectivity index (χ0) is 15.2. The zero-order valence-corrected chi connectivity index (χ0v) is 14.6. The first kappa shape index (κ1) is 16.1. The Morgan fingerprint density at radius 1 is 1.19 bits per heavy atom. The lowest BCUT2D eigenvalue weighted by Gasteiger charge is -2.19. The molecule has 1 heterocycles. The molecule has 1 aromatic carbocycles. The van der Waals surface area contributed by atoms with Crippen molar-refractivity contribution in [1.29, 1.82) is 0 Å². The van der Waals surface area contributed by atoms with Crippen LogP contribution in [0.4, 0.5) is 11.5 Å². The highest BCUT2D eigenvalue weighted by Crippen LogP contribution is 2.22. The van der Waals surface area contributed by atoms with E-state index in [4.69, 9.17) is 11.6 Å². The Kier molecular flexibility index (Phi) is 5.88. The van der Waals surface area contributed by atoms with Gasteiger partial charge in [-0.05, 0) is 43.7 Å². The second-order valence-electron chi connectivity index (χ2n) is 4.67. The fourth-order valence-corrected chi connectivity index (χ4v) is 2.83. The molecule has 1 N–H and O–H groups in total. The molecule has 0 fully saturated rings. The molecule has 1 aromatic heterocycles. The Balaban J connectivity index is 2.00. The lowest BCUT2D eigenvalue weighted by Crippen LogP contribution is -2.22. The summed E-state index contributed by atoms with van der Waals surface area (Å²) < 4.78 is 0.987. The number of rotatable bonds is 6. The lowest BCUT2D eigenvalue weighted by atomic mass is 10.2. The van der Waals surface area contributed by atoms with Gasteiger partial charge >= 0.3 is 0 Å². The monoisotopic (exact) mass is 367 g/mol. The molecular weight excluding hydrogens is 350 g/mol. The zero-order valence-electron chi connectivity index (χ0n) is 12.2. The summed E-state index contributed by atoms with van der Waals surface area (Å²) in [5.74, 6) is 1.01. The van der Waals surface area contributed by atoms with Crippen LogP contribution in [-0.4, -0.2) is 18.1 Å². The smallest absolute Gasteiger partial charge is 0.128 e. The van der Waals surface area contributed by atoms with Crippen LogP contribution in [0.2, 0.25) is 5.02 Å². The number of halogens is 2. The second-order valence-corrected chi connectivity index (χ2v) is 5.99. The molecule has 0 amide bonds. The Labute approximate surface area is 139 Å². The van der Waals surface area contributed by atoms with Crippen LogP contribution in [0.1, 0.15) is 19.4 Å². The maximum Gasteiger partial charge on any atom is 0.128 e. The van der Waals surface area contributed by atoms with Gasteiger partial charge in [-0.1, -0.05) is 33.6 Å². The van der Waals surface area contributed by atoms with E-state index in [2.05, 4.69) is 45.0 Å². The Hall–Kier alpha value is -1.26. The van der Waals surface area contributed by atoms with Crippen molar-refractivity contribution in [2.45, 2.75) is 20.4 Å². The first-order valence-corrected chi connectivity index (χ1v) is 8.20. The van der Waals surface area contributed by atoms with Crippen LogP contribution >= 0.6 is 27.5 Å². The van der Waals surface area contributed by atoms with E-state index in [1.807, 2.05) is 36.5 Å². The molecule has 0 saturated carbocycles. The Morgan fingerprint density at radius 2 is 1.95 bits per heavy atom. The standard InChI is InChI=1S/C16H19BrClN3/c1-3-21(4-2)16-8-7-14(11-20-16)19-10-12-5-6-13(17)9-15(12)18/h5-9,11,19H,3-4,10H2,1-2H3. The van der Waals surface area contributed by atoms with Crippen LogP contribution in [0.25, 0.3) is 0 Å². The molecule has 0 bridgehead atoms. The van der Waals surface area contributed by atoms with Crippen molar-refractivity contribution < 1.29 is 0 Å². The van der Waals surface area contributed by atoms with Crippen LogP contribution in [0.5, 0.6) is 0 Å². The number of benzene rings is 1. The Bertz CT molecular complexity index is 583. The summed E-state index contributed by atoms with van der Waals surface area (Å²) in [6, 6.07) is 9.99. The van der Waals surface area contributed by atoms with E-state index >= 15 is 0 Å². The van der Waals surface area contributed by atoms with E-state index in [-0.39, 0.29) is 0 Å². The van der Waals surface area contributed by atoms with Crippen LogP contribution in [0.15, 0.2) is 41.0 Å². The third-order valence-corrected chi connectivity index (χ3v) is 4.18. The summed E-state index contributed by atoms with van der Waals surface area (Å²) in [5, 5.41) is 4.10. The molecule has 0 saturated heterocycles. The number of nitrogens with zero attached hydrogens (tertiary/aromatic N) is 2. The van der Waals surface area contributed by atoms with Crippen LogP contribution in [0, 0.1) is 0 Å². The minimum Gasteiger partial charge on any atom is -0.380 e. The van der Waals surface area contributed by atoms with Crippen molar-refractivity contribution in [3.8, 4) is 0 Å². The predicted molar refractivity (Wildman–Crippen MR) is 94.3 cm³/mol. The normalized spacial score (nSPS) is 10.5. The molecule has 3 nitrogen and oxygen atoms in total. The van der Waals surface area contributed by atoms with Gasteiger partial charge in [0.1, 0.15) is 5.82 Å². The molecule has 0 aliphatic rings. The largest absolute Gasteiger partial charge is 0.380 e. The van der Waals surface area contributed by atoms with Crippen molar-refractivity contribution in [3.05, 3.63) is 51.6 Å². The number of anilines is 2. The topological polar surface area (TPSA) is 28.2 Å². The van der Waals surface area contributed by atoms with Crippen LogP contribution in [-0.2, 0) is 6.54 Å². The Morgan fingerprint density at radius 3 is 2.52 bits per heavy atom. The highest BCUT2D eigenvalue weighted by molar-refractivity contribution is 9.10. The number of aromatic nitrogens is 1. The van der Waals surface area contributed by atoms with Gasteiger partial charge in [-0.15, -0.1) is 0 Å². The first-order chi connectivity index (χ1) is 10.1. The van der Waals surface area contributed by atoms with E-state index in [0.29, 0.717) is 6.54 Å². The van der Waals surface area contributed by atoms with Crippen molar-refractivity contribution in [2.75, 3.05) is 23.3 Å². The van der Waals surface area contributed by atoms with Crippen molar-refractivity contribution in [2.24, 2.45) is 0 Å². The van der Waals surface area contributed by atoms with Gasteiger partial charge in [-0.25, -0.2) is 4.98 Å². The number of hydrogen-bond acceptors (Lipinski definition) is 3. The van der Waals surface area contributed by atoms with Gasteiger partial charge in [-0.2, -0.15) is 0 Å². The summed E-state index contributed by atoms with van der Waals surface area (Å²) in [4.78, 5) is 6.71. The van der Waals surface area contributed by atoms with Crippen molar-refractivity contribution in [1.82, 2.24) is 4.98 Å². The molecule has 21 heavy (non-hydrogen) atoms. The minimum absolute atomic E-state index is 0.679. The van der Waals surface area contributed by atoms with E-state index in [0.717, 1.165) is 39.7 Å². The summed E-state index contributed by atoms with van der Waals surface area (Å²) in [6.45, 7) is 6.87. The van der Waals surface area contributed by atoms with Gasteiger partial charge < -0.3 is 10.2 Å². The minimum atomic E-state index is 0.679. The van der Waals surface area contributed by atoms with E-state index in [1.165, 1.54) is 0 Å². The maximum atomic E-state index is 6.21. The first-order valence-electron chi connectivity index (χ1n) is 7.02. The summed E-state index contributed by atoms with van der Waals surface area (Å²) >= 11 is 9.62. The number of nitrogens with one attached hydrogen (secondary N) is 1. The van der Waals surface area contributed by atoms with Gasteiger partial charge in [-0.3, -0.25) is 0 Å². The van der Waals surface area contributed by atoms with Gasteiger partial charge in [0.2, 0.25) is 0 Å². The average Bonchev–Trinajstić information content (AvgIpc) is 2.49. The van der Waals surface area contributed by atoms with E-state index in [1.54, 1.807) is 0 Å². The summed E-state index contributed by atoms with van der Waals surface area (Å²) in [7, 11) is 0. The quantitative estimate of drug-likeness (QED) is 0.781. The summed E-state index contributed by atoms with van der Waals surface area (Å²) in [6.07, 6.45) is 1.86. The highest BCUT2D eigenvalue weighted by Gasteiger charge is 2.04. The molecule has 5 heteroatoms. The molecule has 0 radical (unpaired) electrons. The molecular formula is C16H19BrClN3. The fourth-order valence-electron chi connectivity index (χ4n) is 2.09. The van der Waals surface area contributed by atoms with E-state index < -0.39 is 0 Å². The second kappa shape index (κ2) is 7.66. The van der Waals surface area contributed by atoms with Gasteiger partial charge in [0.05, 0.1) is 11.9 Å². The molecule has 112 valence electrons. The van der Waals surface area contributed by atoms with E-state index in [9.17, 15) is 0 Å². The molecule has 0 aliphatic heterocycles. The van der Waals surface area contributed by atoms with Crippen LogP contribution < -0.4 is 10.2 Å². The predicted octanol–water partition coefficient (Wildman–Crippen LogP) is 4.96. The summed E-state index contributed by atoms with van der Waals surface area (Å²) in [5.41, 5.74) is 2.05. The molecule has 0 aliphatic carbocycles. The third kappa shape index (κ3) is 4.35. The highest BCUT2D eigenvalue weighted by atomic mass is 79.9.